The van der Waals surface area contributed by atoms with Crippen LogP contribution < -0.4 is 22.1 Å². The zero-order valence-corrected chi connectivity index (χ0v) is 12.4. The van der Waals surface area contributed by atoms with E-state index in [0.717, 1.165) is 5.56 Å². The van der Waals surface area contributed by atoms with Crippen LogP contribution in [0.3, 0.4) is 0 Å². The normalized spacial score (nSPS) is 9.96. The fraction of sp³-hybridized carbons (Fsp3) is 0.0625. The monoisotopic (exact) mass is 312 g/mol. The van der Waals surface area contributed by atoms with Crippen molar-refractivity contribution in [1.82, 2.24) is 0 Å². The summed E-state index contributed by atoms with van der Waals surface area (Å²) in [5.74, 6) is -2.54. The third-order valence-electron chi connectivity index (χ3n) is 3.10. The van der Waals surface area contributed by atoms with Gasteiger partial charge in [0.2, 0.25) is 0 Å². The van der Waals surface area contributed by atoms with Gasteiger partial charge in [-0.3, -0.25) is 14.4 Å². The number of rotatable bonds is 3. The highest BCUT2D eigenvalue weighted by Gasteiger charge is 2.17. The first-order valence-corrected chi connectivity index (χ1v) is 6.76. The largest absolute Gasteiger partial charge is 0.397 e. The van der Waals surface area contributed by atoms with Gasteiger partial charge in [0.25, 0.3) is 5.91 Å². The predicted molar refractivity (Wildman–Crippen MR) is 87.8 cm³/mol. The van der Waals surface area contributed by atoms with Gasteiger partial charge in [0.1, 0.15) is 0 Å². The van der Waals surface area contributed by atoms with E-state index in [1.54, 1.807) is 30.3 Å². The molecule has 0 spiro atoms. The number of aryl methyl sites for hydroxylation is 1. The van der Waals surface area contributed by atoms with E-state index >= 15 is 0 Å². The molecule has 23 heavy (non-hydrogen) atoms. The minimum atomic E-state index is -0.931. The Labute approximate surface area is 132 Å². The van der Waals surface area contributed by atoms with Crippen LogP contribution in [0.15, 0.2) is 42.5 Å². The van der Waals surface area contributed by atoms with Gasteiger partial charge in [-0.1, -0.05) is 18.2 Å². The third kappa shape index (κ3) is 3.85. The molecule has 0 saturated carbocycles. The number of hydrogen-bond donors (Lipinski definition) is 4. The van der Waals surface area contributed by atoms with Crippen molar-refractivity contribution in [2.24, 2.45) is 5.73 Å². The lowest BCUT2D eigenvalue weighted by molar-refractivity contribution is -0.132. The molecule has 0 heterocycles. The molecule has 0 unspecified atom stereocenters. The van der Waals surface area contributed by atoms with E-state index in [4.69, 9.17) is 11.5 Å². The van der Waals surface area contributed by atoms with Gasteiger partial charge < -0.3 is 22.1 Å². The van der Waals surface area contributed by atoms with Gasteiger partial charge in [-0.15, -0.1) is 0 Å². The van der Waals surface area contributed by atoms with Gasteiger partial charge in [-0.2, -0.15) is 0 Å². The smallest absolute Gasteiger partial charge is 0.314 e. The van der Waals surface area contributed by atoms with Crippen LogP contribution in [0.5, 0.6) is 0 Å². The van der Waals surface area contributed by atoms with Gasteiger partial charge in [0.05, 0.1) is 22.6 Å². The maximum absolute atomic E-state index is 12.0. The molecule has 2 rings (SSSR count). The zero-order valence-electron chi connectivity index (χ0n) is 12.4. The van der Waals surface area contributed by atoms with E-state index in [-0.39, 0.29) is 11.3 Å². The number of hydrogen-bond acceptors (Lipinski definition) is 4. The number of primary amides is 1. The van der Waals surface area contributed by atoms with Crippen molar-refractivity contribution in [1.29, 1.82) is 0 Å². The van der Waals surface area contributed by atoms with Crippen LogP contribution in [0.2, 0.25) is 0 Å². The molecule has 0 aliphatic heterocycles. The number of carbonyl (C=O) groups is 3. The summed E-state index contributed by atoms with van der Waals surface area (Å²) in [6.07, 6.45) is 0. The van der Waals surface area contributed by atoms with Gasteiger partial charge in [-0.05, 0) is 36.8 Å². The summed E-state index contributed by atoms with van der Waals surface area (Å²) in [4.78, 5) is 35.2. The highest BCUT2D eigenvalue weighted by atomic mass is 16.2. The van der Waals surface area contributed by atoms with E-state index in [2.05, 4.69) is 10.6 Å². The molecule has 0 saturated heterocycles. The average molecular weight is 312 g/mol. The standard InChI is InChI=1S/C16H16N4O3/c1-9-6-7-11(17)13(8-9)20-16(23)15(22)19-12-5-3-2-4-10(12)14(18)21/h2-8H,17H2,1H3,(H2,18,21)(H,19,22)(H,20,23). The lowest BCUT2D eigenvalue weighted by Crippen LogP contribution is -2.30. The molecular formula is C16H16N4O3. The Morgan fingerprint density at radius 1 is 0.913 bits per heavy atom. The molecule has 0 aromatic heterocycles. The van der Waals surface area contributed by atoms with Crippen molar-refractivity contribution in [2.45, 2.75) is 6.92 Å². The maximum atomic E-state index is 12.0. The summed E-state index contributed by atoms with van der Waals surface area (Å²) in [7, 11) is 0. The molecule has 7 heteroatoms. The summed E-state index contributed by atoms with van der Waals surface area (Å²) in [6, 6.07) is 11.2. The van der Waals surface area contributed by atoms with Crippen molar-refractivity contribution in [2.75, 3.05) is 16.4 Å². The summed E-state index contributed by atoms with van der Waals surface area (Å²) >= 11 is 0. The van der Waals surface area contributed by atoms with Crippen LogP contribution in [0.4, 0.5) is 17.1 Å². The Morgan fingerprint density at radius 3 is 2.17 bits per heavy atom. The minimum Gasteiger partial charge on any atom is -0.397 e. The molecule has 0 fully saturated rings. The minimum absolute atomic E-state index is 0.115. The Hall–Kier alpha value is -3.35. The van der Waals surface area contributed by atoms with Crippen molar-refractivity contribution < 1.29 is 14.4 Å². The maximum Gasteiger partial charge on any atom is 0.314 e. The topological polar surface area (TPSA) is 127 Å². The van der Waals surface area contributed by atoms with E-state index < -0.39 is 17.7 Å². The molecule has 6 N–H and O–H groups in total. The molecule has 0 aliphatic carbocycles. The first kappa shape index (κ1) is 16.0. The second-order valence-electron chi connectivity index (χ2n) is 4.91. The number of nitrogens with two attached hydrogens (primary N) is 2. The number of nitrogens with one attached hydrogen (secondary N) is 2. The van der Waals surface area contributed by atoms with Gasteiger partial charge in [0.15, 0.2) is 0 Å². The zero-order chi connectivity index (χ0) is 17.0. The first-order chi connectivity index (χ1) is 10.9. The van der Waals surface area contributed by atoms with Gasteiger partial charge in [-0.25, -0.2) is 0 Å². The van der Waals surface area contributed by atoms with E-state index in [1.165, 1.54) is 12.1 Å². The highest BCUT2D eigenvalue weighted by Crippen LogP contribution is 2.20. The Kier molecular flexibility index (Phi) is 4.61. The Morgan fingerprint density at radius 2 is 1.52 bits per heavy atom. The fourth-order valence-corrected chi connectivity index (χ4v) is 1.94. The molecule has 118 valence electrons. The van der Waals surface area contributed by atoms with Crippen LogP contribution >= 0.6 is 0 Å². The second kappa shape index (κ2) is 6.61. The molecule has 0 atom stereocenters. The third-order valence-corrected chi connectivity index (χ3v) is 3.10. The van der Waals surface area contributed by atoms with Crippen molar-refractivity contribution >= 4 is 34.8 Å². The van der Waals surface area contributed by atoms with E-state index in [9.17, 15) is 14.4 Å². The summed E-state index contributed by atoms with van der Waals surface area (Å²) < 4.78 is 0. The SMILES string of the molecule is Cc1ccc(N)c(NC(=O)C(=O)Nc2ccccc2C(N)=O)c1. The number of para-hydroxylation sites is 1. The second-order valence-corrected chi connectivity index (χ2v) is 4.91. The summed E-state index contributed by atoms with van der Waals surface area (Å²) in [5, 5.41) is 4.78. The Balaban J connectivity index is 2.14. The highest BCUT2D eigenvalue weighted by molar-refractivity contribution is 6.44. The molecule has 0 radical (unpaired) electrons. The summed E-state index contributed by atoms with van der Waals surface area (Å²) in [5.41, 5.74) is 12.8. The van der Waals surface area contributed by atoms with Crippen molar-refractivity contribution in [3.05, 3.63) is 53.6 Å². The van der Waals surface area contributed by atoms with Gasteiger partial charge in [0, 0.05) is 0 Å². The molecular weight excluding hydrogens is 296 g/mol. The number of carbonyl (C=O) groups excluding carboxylic acids is 3. The Bertz CT molecular complexity index is 787. The van der Waals surface area contributed by atoms with Crippen LogP contribution in [0, 0.1) is 6.92 Å². The summed E-state index contributed by atoms with van der Waals surface area (Å²) in [6.45, 7) is 1.83. The number of anilines is 3. The lowest BCUT2D eigenvalue weighted by Gasteiger charge is -2.10. The average Bonchev–Trinajstić information content (AvgIpc) is 2.51. The lowest BCUT2D eigenvalue weighted by atomic mass is 10.1. The molecule has 0 bridgehead atoms. The first-order valence-electron chi connectivity index (χ1n) is 6.76. The number of benzene rings is 2. The molecule has 7 nitrogen and oxygen atoms in total. The predicted octanol–water partition coefficient (Wildman–Crippen LogP) is 1.25. The van der Waals surface area contributed by atoms with Crippen LogP contribution in [-0.4, -0.2) is 17.7 Å². The molecule has 0 aliphatic rings. The van der Waals surface area contributed by atoms with Crippen LogP contribution in [0.25, 0.3) is 0 Å². The molecule has 2 aromatic rings. The number of nitrogen functional groups attached to an aromatic ring is 1. The van der Waals surface area contributed by atoms with E-state index in [1.807, 2.05) is 6.92 Å². The van der Waals surface area contributed by atoms with Crippen LogP contribution in [0.1, 0.15) is 15.9 Å². The quantitative estimate of drug-likeness (QED) is 0.502. The van der Waals surface area contributed by atoms with Crippen LogP contribution in [-0.2, 0) is 9.59 Å². The fourth-order valence-electron chi connectivity index (χ4n) is 1.94. The van der Waals surface area contributed by atoms with Crippen molar-refractivity contribution in [3.8, 4) is 0 Å². The van der Waals surface area contributed by atoms with E-state index in [0.29, 0.717) is 11.4 Å². The van der Waals surface area contributed by atoms with Gasteiger partial charge >= 0.3 is 11.8 Å². The molecule has 3 amide bonds. The van der Waals surface area contributed by atoms with Crippen molar-refractivity contribution in [3.63, 3.8) is 0 Å². The number of amides is 3. The molecule has 2 aromatic carbocycles.